The number of benzene rings is 3. The monoisotopic (exact) mass is 459 g/mol. The van der Waals surface area contributed by atoms with E-state index < -0.39 is 0 Å². The van der Waals surface area contributed by atoms with E-state index >= 15 is 0 Å². The Morgan fingerprint density at radius 1 is 0.824 bits per heavy atom. The van der Waals surface area contributed by atoms with E-state index in [2.05, 4.69) is 10.6 Å². The predicted octanol–water partition coefficient (Wildman–Crippen LogP) is 3.61. The molecule has 0 atom stereocenters. The molecule has 1 heterocycles. The Labute approximate surface area is 197 Å². The molecule has 0 radical (unpaired) electrons. The molecule has 1 saturated heterocycles. The van der Waals surface area contributed by atoms with E-state index in [4.69, 9.17) is 0 Å². The lowest BCUT2D eigenvalue weighted by molar-refractivity contribution is -0.384. The molecule has 9 heteroatoms. The minimum absolute atomic E-state index is 0.0825. The number of nitrogens with one attached hydrogen (secondary N) is 2. The summed E-state index contributed by atoms with van der Waals surface area (Å²) >= 11 is 0. The van der Waals surface area contributed by atoms with E-state index in [0.29, 0.717) is 48.8 Å². The molecule has 0 spiro atoms. The largest absolute Gasteiger partial charge is 0.363 e. The van der Waals surface area contributed by atoms with Crippen molar-refractivity contribution in [1.82, 2.24) is 4.90 Å². The second kappa shape index (κ2) is 10.6. The lowest BCUT2D eigenvalue weighted by Crippen LogP contribution is -2.48. The van der Waals surface area contributed by atoms with Gasteiger partial charge in [-0.3, -0.25) is 24.6 Å². The maximum Gasteiger partial charge on any atom is 0.292 e. The van der Waals surface area contributed by atoms with E-state index in [-0.39, 0.29) is 29.0 Å². The first-order valence-electron chi connectivity index (χ1n) is 11.0. The van der Waals surface area contributed by atoms with Crippen molar-refractivity contribution in [3.05, 3.63) is 94.5 Å². The van der Waals surface area contributed by atoms with Gasteiger partial charge in [-0.05, 0) is 30.3 Å². The summed E-state index contributed by atoms with van der Waals surface area (Å²) in [7, 11) is 0. The summed E-state index contributed by atoms with van der Waals surface area (Å²) in [5, 5.41) is 17.0. The molecule has 2 N–H and O–H groups in total. The number of anilines is 3. The first-order chi connectivity index (χ1) is 16.5. The Morgan fingerprint density at radius 2 is 1.47 bits per heavy atom. The van der Waals surface area contributed by atoms with Gasteiger partial charge in [0.1, 0.15) is 5.69 Å². The number of carbonyl (C=O) groups excluding carboxylic acids is 2. The molecule has 2 amide bonds. The highest BCUT2D eigenvalue weighted by Gasteiger charge is 2.24. The summed E-state index contributed by atoms with van der Waals surface area (Å²) < 4.78 is 0. The van der Waals surface area contributed by atoms with Crippen molar-refractivity contribution in [2.75, 3.05) is 48.3 Å². The van der Waals surface area contributed by atoms with Crippen molar-refractivity contribution in [2.24, 2.45) is 0 Å². The fourth-order valence-electron chi connectivity index (χ4n) is 3.94. The fourth-order valence-corrected chi connectivity index (χ4v) is 3.94. The van der Waals surface area contributed by atoms with Crippen molar-refractivity contribution in [3.63, 3.8) is 0 Å². The number of hydrogen-bond donors (Lipinski definition) is 2. The van der Waals surface area contributed by atoms with Crippen molar-refractivity contribution in [2.45, 2.75) is 0 Å². The Kier molecular flexibility index (Phi) is 7.14. The molecule has 3 aromatic rings. The average molecular weight is 460 g/mol. The summed E-state index contributed by atoms with van der Waals surface area (Å²) in [4.78, 5) is 40.3. The number of hydrogen-bond acceptors (Lipinski definition) is 6. The van der Waals surface area contributed by atoms with Crippen molar-refractivity contribution < 1.29 is 14.5 Å². The third kappa shape index (κ3) is 5.57. The SMILES string of the molecule is O=C(CN1CCN(c2ccccc2[N+](=O)[O-])CC1)Nc1ccccc1C(=O)Nc1ccccc1. The zero-order valence-electron chi connectivity index (χ0n) is 18.5. The molecular formula is C25H25N5O4. The second-order valence-electron chi connectivity index (χ2n) is 7.92. The zero-order chi connectivity index (χ0) is 23.9. The predicted molar refractivity (Wildman–Crippen MR) is 131 cm³/mol. The van der Waals surface area contributed by atoms with Crippen LogP contribution in [-0.2, 0) is 4.79 Å². The van der Waals surface area contributed by atoms with Crippen LogP contribution in [0.1, 0.15) is 10.4 Å². The van der Waals surface area contributed by atoms with Gasteiger partial charge in [0.2, 0.25) is 5.91 Å². The van der Waals surface area contributed by atoms with Crippen LogP contribution in [0.4, 0.5) is 22.7 Å². The second-order valence-corrected chi connectivity index (χ2v) is 7.92. The van der Waals surface area contributed by atoms with Gasteiger partial charge in [0, 0.05) is 37.9 Å². The van der Waals surface area contributed by atoms with Crippen LogP contribution in [0.25, 0.3) is 0 Å². The van der Waals surface area contributed by atoms with Gasteiger partial charge in [0.05, 0.1) is 22.7 Å². The van der Waals surface area contributed by atoms with E-state index in [1.165, 1.54) is 6.07 Å². The van der Waals surface area contributed by atoms with Crippen molar-refractivity contribution in [1.29, 1.82) is 0 Å². The minimum atomic E-state index is -0.374. The normalized spacial score (nSPS) is 13.8. The van der Waals surface area contributed by atoms with Gasteiger partial charge in [-0.2, -0.15) is 0 Å². The van der Waals surface area contributed by atoms with Crippen LogP contribution in [0.2, 0.25) is 0 Å². The smallest absolute Gasteiger partial charge is 0.292 e. The molecule has 9 nitrogen and oxygen atoms in total. The van der Waals surface area contributed by atoms with Crippen LogP contribution in [0.3, 0.4) is 0 Å². The number of nitro benzene ring substituents is 1. The number of nitro groups is 1. The third-order valence-corrected chi connectivity index (χ3v) is 5.64. The summed E-state index contributed by atoms with van der Waals surface area (Å²) in [6, 6.07) is 22.7. The Bertz CT molecular complexity index is 1180. The third-order valence-electron chi connectivity index (χ3n) is 5.64. The Morgan fingerprint density at radius 3 is 2.21 bits per heavy atom. The molecular weight excluding hydrogens is 434 g/mol. The fraction of sp³-hybridized carbons (Fsp3) is 0.200. The number of para-hydroxylation sites is 4. The quantitative estimate of drug-likeness (QED) is 0.413. The highest BCUT2D eigenvalue weighted by molar-refractivity contribution is 6.10. The maximum atomic E-state index is 12.7. The summed E-state index contributed by atoms with van der Waals surface area (Å²) in [6.07, 6.45) is 0. The molecule has 1 fully saturated rings. The summed E-state index contributed by atoms with van der Waals surface area (Å²) in [5.74, 6) is -0.528. The molecule has 174 valence electrons. The number of rotatable bonds is 7. The Hall–Kier alpha value is -4.24. The highest BCUT2D eigenvalue weighted by Crippen LogP contribution is 2.28. The molecule has 0 aromatic heterocycles. The molecule has 0 saturated carbocycles. The first kappa shape index (κ1) is 22.9. The topological polar surface area (TPSA) is 108 Å². The zero-order valence-corrected chi connectivity index (χ0v) is 18.5. The van der Waals surface area contributed by atoms with Crippen LogP contribution in [0, 0.1) is 10.1 Å². The van der Waals surface area contributed by atoms with Gasteiger partial charge in [-0.1, -0.05) is 42.5 Å². The molecule has 1 aliphatic heterocycles. The van der Waals surface area contributed by atoms with Gasteiger partial charge < -0.3 is 15.5 Å². The molecule has 3 aromatic carbocycles. The van der Waals surface area contributed by atoms with Crippen LogP contribution < -0.4 is 15.5 Å². The van der Waals surface area contributed by atoms with Crippen molar-refractivity contribution in [3.8, 4) is 0 Å². The van der Waals surface area contributed by atoms with Gasteiger partial charge >= 0.3 is 0 Å². The standard InChI is InChI=1S/C25H25N5O4/c31-24(18-28-14-16-29(17-15-28)22-12-6-7-13-23(22)30(33)34)27-21-11-5-4-10-20(21)25(32)26-19-8-2-1-3-9-19/h1-13H,14-18H2,(H,26,32)(H,27,31). The average Bonchev–Trinajstić information content (AvgIpc) is 2.85. The van der Waals surface area contributed by atoms with Crippen LogP contribution in [0.15, 0.2) is 78.9 Å². The van der Waals surface area contributed by atoms with Crippen molar-refractivity contribution >= 4 is 34.6 Å². The molecule has 0 unspecified atom stereocenters. The summed E-state index contributed by atoms with van der Waals surface area (Å²) in [5.41, 5.74) is 2.17. The van der Waals surface area contributed by atoms with Gasteiger partial charge in [-0.15, -0.1) is 0 Å². The number of amides is 2. The Balaban J connectivity index is 1.34. The molecule has 1 aliphatic rings. The van der Waals surface area contributed by atoms with E-state index in [1.807, 2.05) is 28.0 Å². The van der Waals surface area contributed by atoms with Gasteiger partial charge in [0.25, 0.3) is 11.6 Å². The van der Waals surface area contributed by atoms with E-state index in [9.17, 15) is 19.7 Å². The van der Waals surface area contributed by atoms with E-state index in [0.717, 1.165) is 0 Å². The first-order valence-corrected chi connectivity index (χ1v) is 11.0. The molecule has 4 rings (SSSR count). The number of nitrogens with zero attached hydrogens (tertiary/aromatic N) is 3. The van der Waals surface area contributed by atoms with E-state index in [1.54, 1.807) is 54.6 Å². The van der Waals surface area contributed by atoms with Crippen LogP contribution >= 0.6 is 0 Å². The highest BCUT2D eigenvalue weighted by atomic mass is 16.6. The lowest BCUT2D eigenvalue weighted by atomic mass is 10.1. The van der Waals surface area contributed by atoms with Crippen LogP contribution in [0.5, 0.6) is 0 Å². The van der Waals surface area contributed by atoms with Crippen LogP contribution in [-0.4, -0.2) is 54.4 Å². The molecule has 0 bridgehead atoms. The minimum Gasteiger partial charge on any atom is -0.363 e. The lowest BCUT2D eigenvalue weighted by Gasteiger charge is -2.35. The molecule has 0 aliphatic carbocycles. The van der Waals surface area contributed by atoms with Gasteiger partial charge in [0.15, 0.2) is 0 Å². The van der Waals surface area contributed by atoms with Gasteiger partial charge in [-0.25, -0.2) is 0 Å². The summed E-state index contributed by atoms with van der Waals surface area (Å²) in [6.45, 7) is 2.51. The maximum absolute atomic E-state index is 12.7. The number of carbonyl (C=O) groups is 2. The molecule has 34 heavy (non-hydrogen) atoms. The number of piperazine rings is 1.